The molecule has 0 bridgehead atoms. The van der Waals surface area contributed by atoms with Crippen LogP contribution in [-0.4, -0.2) is 28.5 Å². The molecule has 0 amide bonds. The third-order valence-electron chi connectivity index (χ3n) is 5.47. The van der Waals surface area contributed by atoms with E-state index in [4.69, 9.17) is 4.74 Å². The number of aromatic nitrogens is 2. The zero-order valence-corrected chi connectivity index (χ0v) is 13.2. The van der Waals surface area contributed by atoms with Gasteiger partial charge in [0.25, 0.3) is 0 Å². The van der Waals surface area contributed by atoms with E-state index in [1.807, 2.05) is 18.7 Å². The van der Waals surface area contributed by atoms with Gasteiger partial charge in [-0.15, -0.1) is 0 Å². The number of ether oxygens (including phenoxy) is 1. The molecule has 112 valence electrons. The Kier molecular flexibility index (Phi) is 3.53. The molecule has 3 rings (SSSR count). The number of aryl methyl sites for hydroxylation is 2. The van der Waals surface area contributed by atoms with Gasteiger partial charge < -0.3 is 10.1 Å². The number of nitrogens with zero attached hydrogens (tertiary/aromatic N) is 2. The molecule has 1 aromatic rings. The molecule has 20 heavy (non-hydrogen) atoms. The Morgan fingerprint density at radius 1 is 1.35 bits per heavy atom. The van der Waals surface area contributed by atoms with Gasteiger partial charge in [0, 0.05) is 24.9 Å². The summed E-state index contributed by atoms with van der Waals surface area (Å²) in [5.74, 6) is 1.01. The molecule has 4 nitrogen and oxygen atoms in total. The Balaban J connectivity index is 1.78. The second kappa shape index (κ2) is 5.06. The Labute approximate surface area is 121 Å². The predicted molar refractivity (Wildman–Crippen MR) is 80.1 cm³/mol. The summed E-state index contributed by atoms with van der Waals surface area (Å²) in [4.78, 5) is 0. The molecule has 0 saturated heterocycles. The van der Waals surface area contributed by atoms with Crippen molar-refractivity contribution in [3.63, 3.8) is 0 Å². The topological polar surface area (TPSA) is 39.1 Å². The Bertz CT molecular complexity index is 488. The lowest BCUT2D eigenvalue weighted by Crippen LogP contribution is -2.63. The molecule has 0 aliphatic heterocycles. The standard InChI is InChI=1S/C16H27N3O/c1-5-17-13-10-14(16(13)8-6-7-9-16)20-15-11(2)18-19(4)12(15)3/h13-14,17H,5-10H2,1-4H3. The minimum absolute atomic E-state index is 0.371. The van der Waals surface area contributed by atoms with Crippen molar-refractivity contribution in [1.82, 2.24) is 15.1 Å². The first-order valence-electron chi connectivity index (χ1n) is 7.98. The minimum Gasteiger partial charge on any atom is -0.486 e. The third-order valence-corrected chi connectivity index (χ3v) is 5.47. The SMILES string of the molecule is CCNC1CC(Oc2c(C)nn(C)c2C)C12CCCC2. The Morgan fingerprint density at radius 3 is 2.60 bits per heavy atom. The molecular formula is C16H27N3O. The molecular weight excluding hydrogens is 250 g/mol. The van der Waals surface area contributed by atoms with Crippen LogP contribution in [0.1, 0.15) is 50.4 Å². The van der Waals surface area contributed by atoms with Crippen LogP contribution < -0.4 is 10.1 Å². The van der Waals surface area contributed by atoms with Crippen molar-refractivity contribution < 1.29 is 4.74 Å². The maximum atomic E-state index is 6.42. The van der Waals surface area contributed by atoms with E-state index in [0.717, 1.165) is 30.1 Å². The monoisotopic (exact) mass is 277 g/mol. The van der Waals surface area contributed by atoms with Gasteiger partial charge in [-0.25, -0.2) is 0 Å². The zero-order chi connectivity index (χ0) is 14.3. The van der Waals surface area contributed by atoms with E-state index < -0.39 is 0 Å². The quantitative estimate of drug-likeness (QED) is 0.919. The van der Waals surface area contributed by atoms with E-state index in [9.17, 15) is 0 Å². The summed E-state index contributed by atoms with van der Waals surface area (Å²) in [7, 11) is 1.99. The summed E-state index contributed by atoms with van der Waals surface area (Å²) >= 11 is 0. The van der Waals surface area contributed by atoms with Crippen molar-refractivity contribution in [1.29, 1.82) is 0 Å². The molecule has 0 aromatic carbocycles. The highest BCUT2D eigenvalue weighted by molar-refractivity contribution is 5.33. The van der Waals surface area contributed by atoms with Gasteiger partial charge in [0.1, 0.15) is 11.8 Å². The number of hydrogen-bond donors (Lipinski definition) is 1. The van der Waals surface area contributed by atoms with Crippen LogP contribution in [0.5, 0.6) is 5.75 Å². The van der Waals surface area contributed by atoms with Crippen LogP contribution in [0, 0.1) is 19.3 Å². The molecule has 1 heterocycles. The van der Waals surface area contributed by atoms with Gasteiger partial charge in [-0.1, -0.05) is 19.8 Å². The van der Waals surface area contributed by atoms with Crippen molar-refractivity contribution in [3.8, 4) is 5.75 Å². The summed E-state index contributed by atoms with van der Waals surface area (Å²) < 4.78 is 8.35. The van der Waals surface area contributed by atoms with Crippen LogP contribution in [-0.2, 0) is 7.05 Å². The summed E-state index contributed by atoms with van der Waals surface area (Å²) in [6.07, 6.45) is 6.85. The smallest absolute Gasteiger partial charge is 0.163 e. The molecule has 2 unspecified atom stereocenters. The first-order valence-corrected chi connectivity index (χ1v) is 7.98. The van der Waals surface area contributed by atoms with Crippen LogP contribution in [0.2, 0.25) is 0 Å². The first kappa shape index (κ1) is 13.9. The molecule has 2 fully saturated rings. The number of rotatable bonds is 4. The summed E-state index contributed by atoms with van der Waals surface area (Å²) in [6.45, 7) is 7.40. The normalized spacial score (nSPS) is 27.8. The number of hydrogen-bond acceptors (Lipinski definition) is 3. The molecule has 2 saturated carbocycles. The molecule has 2 aliphatic carbocycles. The number of nitrogens with one attached hydrogen (secondary N) is 1. The van der Waals surface area contributed by atoms with Gasteiger partial charge in [0.15, 0.2) is 5.75 Å². The molecule has 1 spiro atoms. The highest BCUT2D eigenvalue weighted by atomic mass is 16.5. The van der Waals surface area contributed by atoms with Crippen LogP contribution in [0.15, 0.2) is 0 Å². The van der Waals surface area contributed by atoms with Crippen molar-refractivity contribution in [3.05, 3.63) is 11.4 Å². The van der Waals surface area contributed by atoms with E-state index in [-0.39, 0.29) is 0 Å². The van der Waals surface area contributed by atoms with Crippen molar-refractivity contribution >= 4 is 0 Å². The highest BCUT2D eigenvalue weighted by Gasteiger charge is 2.57. The molecule has 2 atom stereocenters. The minimum atomic E-state index is 0.371. The van der Waals surface area contributed by atoms with Gasteiger partial charge in [-0.05, 0) is 33.2 Å². The van der Waals surface area contributed by atoms with Gasteiger partial charge in [-0.2, -0.15) is 5.10 Å². The fourth-order valence-electron chi connectivity index (χ4n) is 4.22. The third kappa shape index (κ3) is 1.96. The maximum Gasteiger partial charge on any atom is 0.163 e. The van der Waals surface area contributed by atoms with Gasteiger partial charge >= 0.3 is 0 Å². The van der Waals surface area contributed by atoms with Gasteiger partial charge in [0.05, 0.1) is 5.69 Å². The summed E-state index contributed by atoms with van der Waals surface area (Å²) in [5, 5.41) is 8.13. The summed E-state index contributed by atoms with van der Waals surface area (Å²) in [6, 6.07) is 0.650. The molecule has 1 N–H and O–H groups in total. The first-order chi connectivity index (χ1) is 9.58. The fraction of sp³-hybridized carbons (Fsp3) is 0.812. The Morgan fingerprint density at radius 2 is 2.05 bits per heavy atom. The van der Waals surface area contributed by atoms with Crippen LogP contribution in [0.4, 0.5) is 0 Å². The lowest BCUT2D eigenvalue weighted by atomic mass is 9.60. The van der Waals surface area contributed by atoms with Crippen molar-refractivity contribution in [2.45, 2.75) is 65.0 Å². The Hall–Kier alpha value is -1.03. The fourth-order valence-corrected chi connectivity index (χ4v) is 4.22. The summed E-state index contributed by atoms with van der Waals surface area (Å²) in [5.41, 5.74) is 2.54. The molecule has 4 heteroatoms. The second-order valence-electron chi connectivity index (χ2n) is 6.52. The molecule has 0 radical (unpaired) electrons. The van der Waals surface area contributed by atoms with E-state index in [2.05, 4.69) is 24.3 Å². The average molecular weight is 277 g/mol. The average Bonchev–Trinajstić information content (AvgIpc) is 3.00. The van der Waals surface area contributed by atoms with Gasteiger partial charge in [0.2, 0.25) is 0 Å². The van der Waals surface area contributed by atoms with Crippen LogP contribution in [0.3, 0.4) is 0 Å². The lowest BCUT2D eigenvalue weighted by Gasteiger charge is -2.54. The van der Waals surface area contributed by atoms with Crippen molar-refractivity contribution in [2.75, 3.05) is 6.54 Å². The molecule has 2 aliphatic rings. The highest BCUT2D eigenvalue weighted by Crippen LogP contribution is 2.55. The largest absolute Gasteiger partial charge is 0.486 e. The second-order valence-corrected chi connectivity index (χ2v) is 6.52. The lowest BCUT2D eigenvalue weighted by molar-refractivity contribution is -0.0761. The van der Waals surface area contributed by atoms with Crippen LogP contribution >= 0.6 is 0 Å². The maximum absolute atomic E-state index is 6.42. The predicted octanol–water partition coefficient (Wildman–Crippen LogP) is 2.73. The van der Waals surface area contributed by atoms with E-state index >= 15 is 0 Å². The van der Waals surface area contributed by atoms with Crippen molar-refractivity contribution in [2.24, 2.45) is 12.5 Å². The van der Waals surface area contributed by atoms with E-state index in [0.29, 0.717) is 17.6 Å². The van der Waals surface area contributed by atoms with Crippen LogP contribution in [0.25, 0.3) is 0 Å². The zero-order valence-electron chi connectivity index (χ0n) is 13.2. The van der Waals surface area contributed by atoms with E-state index in [1.165, 1.54) is 25.7 Å². The van der Waals surface area contributed by atoms with E-state index in [1.54, 1.807) is 0 Å². The molecule has 1 aromatic heterocycles. The van der Waals surface area contributed by atoms with Gasteiger partial charge in [-0.3, -0.25) is 4.68 Å².